The number of hydrogen-bond acceptors (Lipinski definition) is 6. The Hall–Kier alpha value is -2.52. The molecule has 2 aromatic carbocycles. The second-order valence-electron chi connectivity index (χ2n) is 7.11. The molecule has 0 spiro atoms. The maximum absolute atomic E-state index is 13.3. The Kier molecular flexibility index (Phi) is 6.48. The Morgan fingerprint density at radius 1 is 1.03 bits per heavy atom. The summed E-state index contributed by atoms with van der Waals surface area (Å²) in [5, 5.41) is 1.39. The molecule has 0 bridgehead atoms. The van der Waals surface area contributed by atoms with Crippen molar-refractivity contribution in [2.45, 2.75) is 18.4 Å². The van der Waals surface area contributed by atoms with Crippen molar-refractivity contribution in [1.29, 1.82) is 0 Å². The van der Waals surface area contributed by atoms with Crippen LogP contribution in [0.5, 0.6) is 0 Å². The first-order chi connectivity index (χ1) is 15.2. The molecule has 10 heteroatoms. The number of carbonyl (C=O) groups excluding carboxylic acids is 1. The number of nitrogens with zero attached hydrogens (tertiary/aromatic N) is 3. The molecule has 0 unspecified atom stereocenters. The summed E-state index contributed by atoms with van der Waals surface area (Å²) in [5.74, 6) is -1.28. The van der Waals surface area contributed by atoms with Gasteiger partial charge in [0, 0.05) is 22.4 Å². The molecule has 4 aromatic rings. The Morgan fingerprint density at radius 3 is 2.41 bits per heavy atom. The van der Waals surface area contributed by atoms with E-state index in [1.54, 1.807) is 36.7 Å². The lowest BCUT2D eigenvalue weighted by Crippen LogP contribution is -2.35. The fraction of sp³-hybridized carbons (Fsp3) is 0.136. The number of amides is 1. The summed E-state index contributed by atoms with van der Waals surface area (Å²) in [4.78, 5) is 23.3. The lowest BCUT2D eigenvalue weighted by Gasteiger charge is -2.20. The number of hydrogen-bond donors (Lipinski definition) is 0. The van der Waals surface area contributed by atoms with Gasteiger partial charge in [-0.25, -0.2) is 13.4 Å². The number of halogens is 2. The van der Waals surface area contributed by atoms with Gasteiger partial charge in [0.05, 0.1) is 21.7 Å². The molecule has 0 atom stereocenters. The lowest BCUT2D eigenvalue weighted by atomic mass is 10.2. The number of aryl methyl sites for hydroxylation is 1. The second-order valence-corrected chi connectivity index (χ2v) is 11.0. The van der Waals surface area contributed by atoms with E-state index in [0.717, 1.165) is 21.3 Å². The molecule has 0 aliphatic heterocycles. The Bertz CT molecular complexity index is 1390. The van der Waals surface area contributed by atoms with Crippen molar-refractivity contribution >= 4 is 65.6 Å². The fourth-order valence-electron chi connectivity index (χ4n) is 3.16. The van der Waals surface area contributed by atoms with Crippen LogP contribution in [0.15, 0.2) is 65.8 Å². The molecule has 0 N–H and O–H groups in total. The second kappa shape index (κ2) is 9.15. The molecule has 0 fully saturated rings. The first kappa shape index (κ1) is 22.7. The minimum Gasteiger partial charge on any atom is -0.283 e. The highest BCUT2D eigenvalue weighted by Crippen LogP contribution is 2.34. The van der Waals surface area contributed by atoms with Gasteiger partial charge in [0.15, 0.2) is 15.0 Å². The van der Waals surface area contributed by atoms with Gasteiger partial charge < -0.3 is 0 Å². The van der Waals surface area contributed by atoms with Crippen LogP contribution >= 0.6 is 34.5 Å². The lowest BCUT2D eigenvalue weighted by molar-refractivity contribution is -0.116. The van der Waals surface area contributed by atoms with E-state index < -0.39 is 21.5 Å². The number of aromatic nitrogens is 2. The van der Waals surface area contributed by atoms with Crippen LogP contribution in [0.4, 0.5) is 5.13 Å². The van der Waals surface area contributed by atoms with Gasteiger partial charge in [-0.15, -0.1) is 0 Å². The zero-order valence-electron chi connectivity index (χ0n) is 16.8. The van der Waals surface area contributed by atoms with Gasteiger partial charge in [-0.05, 0) is 66.6 Å². The molecule has 0 aliphatic carbocycles. The highest BCUT2D eigenvalue weighted by Gasteiger charge is 2.27. The number of anilines is 1. The molecule has 2 heterocycles. The molecule has 0 radical (unpaired) electrons. The molecule has 0 saturated heterocycles. The van der Waals surface area contributed by atoms with Crippen LogP contribution in [0.3, 0.4) is 0 Å². The minimum absolute atomic E-state index is 0.0334. The van der Waals surface area contributed by atoms with Crippen molar-refractivity contribution in [2.24, 2.45) is 0 Å². The number of fused-ring (bicyclic) bond motifs is 1. The monoisotopic (exact) mass is 505 g/mol. The van der Waals surface area contributed by atoms with Crippen molar-refractivity contribution in [2.75, 3.05) is 10.7 Å². The van der Waals surface area contributed by atoms with Gasteiger partial charge in [0.1, 0.15) is 5.75 Å². The zero-order chi connectivity index (χ0) is 22.9. The van der Waals surface area contributed by atoms with Gasteiger partial charge in [0.25, 0.3) is 0 Å². The third-order valence-electron chi connectivity index (χ3n) is 4.75. The van der Waals surface area contributed by atoms with Crippen LogP contribution in [-0.2, 0) is 21.2 Å². The SMILES string of the molecule is Cc1cc(Cl)cc2sc(N(Cc3ccncc3)C(=O)CS(=O)(=O)c3ccc(Cl)cc3)nc12. The van der Waals surface area contributed by atoms with Crippen molar-refractivity contribution in [3.05, 3.63) is 82.1 Å². The standard InChI is InChI=1S/C22H17Cl2N3O3S2/c1-14-10-17(24)11-19-21(14)26-22(31-19)27(12-15-6-8-25-9-7-15)20(28)13-32(29,30)18-4-2-16(23)3-5-18/h2-11H,12-13H2,1H3. The van der Waals surface area contributed by atoms with Gasteiger partial charge >= 0.3 is 0 Å². The van der Waals surface area contributed by atoms with E-state index in [1.165, 1.54) is 40.5 Å². The number of benzene rings is 2. The first-order valence-corrected chi connectivity index (χ1v) is 12.7. The van der Waals surface area contributed by atoms with E-state index in [2.05, 4.69) is 9.97 Å². The summed E-state index contributed by atoms with van der Waals surface area (Å²) in [6.07, 6.45) is 3.23. The van der Waals surface area contributed by atoms with Crippen LogP contribution < -0.4 is 4.90 Å². The van der Waals surface area contributed by atoms with Crippen LogP contribution in [-0.4, -0.2) is 30.0 Å². The fourth-order valence-corrected chi connectivity index (χ4v) is 5.92. The minimum atomic E-state index is -3.87. The van der Waals surface area contributed by atoms with E-state index in [4.69, 9.17) is 23.2 Å². The van der Waals surface area contributed by atoms with Crippen molar-refractivity contribution in [1.82, 2.24) is 9.97 Å². The topological polar surface area (TPSA) is 80.2 Å². The summed E-state index contributed by atoms with van der Waals surface area (Å²) >= 11 is 13.3. The average Bonchev–Trinajstić information content (AvgIpc) is 3.16. The maximum atomic E-state index is 13.3. The van der Waals surface area contributed by atoms with Gasteiger partial charge in [-0.3, -0.25) is 14.7 Å². The van der Waals surface area contributed by atoms with Crippen LogP contribution in [0, 0.1) is 6.92 Å². The van der Waals surface area contributed by atoms with E-state index in [-0.39, 0.29) is 11.4 Å². The smallest absolute Gasteiger partial charge is 0.244 e. The predicted octanol–water partition coefficient (Wildman–Crippen LogP) is 5.31. The van der Waals surface area contributed by atoms with Crippen molar-refractivity contribution < 1.29 is 13.2 Å². The van der Waals surface area contributed by atoms with Crippen molar-refractivity contribution in [3.8, 4) is 0 Å². The van der Waals surface area contributed by atoms with Crippen LogP contribution in [0.25, 0.3) is 10.2 Å². The van der Waals surface area contributed by atoms with E-state index in [0.29, 0.717) is 15.2 Å². The predicted molar refractivity (Wildman–Crippen MR) is 128 cm³/mol. The molecule has 4 rings (SSSR count). The van der Waals surface area contributed by atoms with Gasteiger partial charge in [0.2, 0.25) is 5.91 Å². The summed E-state index contributed by atoms with van der Waals surface area (Å²) in [5.41, 5.74) is 2.40. The molecular weight excluding hydrogens is 489 g/mol. The highest BCUT2D eigenvalue weighted by atomic mass is 35.5. The normalized spacial score (nSPS) is 11.6. The number of rotatable bonds is 6. The van der Waals surface area contributed by atoms with Gasteiger partial charge in [-0.2, -0.15) is 0 Å². The molecule has 1 amide bonds. The number of pyridine rings is 1. The zero-order valence-corrected chi connectivity index (χ0v) is 20.0. The van der Waals surface area contributed by atoms with Crippen LogP contribution in [0.1, 0.15) is 11.1 Å². The van der Waals surface area contributed by atoms with Gasteiger partial charge in [-0.1, -0.05) is 34.5 Å². The summed E-state index contributed by atoms with van der Waals surface area (Å²) in [6.45, 7) is 2.04. The summed E-state index contributed by atoms with van der Waals surface area (Å²) in [6, 6.07) is 12.9. The van der Waals surface area contributed by atoms with E-state index >= 15 is 0 Å². The third kappa shape index (κ3) is 4.94. The average molecular weight is 506 g/mol. The maximum Gasteiger partial charge on any atom is 0.244 e. The summed E-state index contributed by atoms with van der Waals surface area (Å²) in [7, 11) is -3.87. The van der Waals surface area contributed by atoms with Crippen LogP contribution in [0.2, 0.25) is 10.0 Å². The highest BCUT2D eigenvalue weighted by molar-refractivity contribution is 7.92. The largest absolute Gasteiger partial charge is 0.283 e. The molecule has 164 valence electrons. The van der Waals surface area contributed by atoms with Crippen molar-refractivity contribution in [3.63, 3.8) is 0 Å². The molecular formula is C22H17Cl2N3O3S2. The molecule has 32 heavy (non-hydrogen) atoms. The summed E-state index contributed by atoms with van der Waals surface area (Å²) < 4.78 is 26.6. The van der Waals surface area contributed by atoms with E-state index in [9.17, 15) is 13.2 Å². The molecule has 6 nitrogen and oxygen atoms in total. The quantitative estimate of drug-likeness (QED) is 0.354. The Morgan fingerprint density at radius 2 is 1.72 bits per heavy atom. The number of sulfone groups is 1. The molecule has 2 aromatic heterocycles. The van der Waals surface area contributed by atoms with E-state index in [1.807, 2.05) is 6.92 Å². The first-order valence-electron chi connectivity index (χ1n) is 9.47. The molecule has 0 saturated carbocycles. The number of thiazole rings is 1. The Balaban J connectivity index is 1.71. The molecule has 0 aliphatic rings. The Labute approximate surface area is 199 Å². The third-order valence-corrected chi connectivity index (χ3v) is 7.86. The number of carbonyl (C=O) groups is 1.